The highest BCUT2D eigenvalue weighted by Gasteiger charge is 2.29. The number of urea groups is 1. The first-order chi connectivity index (χ1) is 16.1. The van der Waals surface area contributed by atoms with Crippen LogP contribution in [0.25, 0.3) is 0 Å². The van der Waals surface area contributed by atoms with Gasteiger partial charge in [-0.05, 0) is 43.2 Å². The van der Waals surface area contributed by atoms with E-state index in [0.29, 0.717) is 25.4 Å². The third-order valence-corrected chi connectivity index (χ3v) is 7.45. The Kier molecular flexibility index (Phi) is 6.63. The lowest BCUT2D eigenvalue weighted by atomic mass is 9.99. The summed E-state index contributed by atoms with van der Waals surface area (Å²) in [7, 11) is -3.61. The van der Waals surface area contributed by atoms with E-state index < -0.39 is 15.9 Å². The molecule has 12 heteroatoms. The molecule has 11 nitrogen and oxygen atoms in total. The van der Waals surface area contributed by atoms with Crippen LogP contribution < -0.4 is 20.5 Å². The molecule has 2 aromatic heterocycles. The van der Waals surface area contributed by atoms with Crippen LogP contribution in [0.2, 0.25) is 0 Å². The first kappa shape index (κ1) is 24.1. The predicted molar refractivity (Wildman–Crippen MR) is 127 cm³/mol. The molecule has 0 saturated heterocycles. The fourth-order valence-electron chi connectivity index (χ4n) is 4.48. The van der Waals surface area contributed by atoms with Crippen molar-refractivity contribution in [3.8, 4) is 5.88 Å². The fraction of sp³-hybridized carbons (Fsp3) is 0.545. The van der Waals surface area contributed by atoms with Gasteiger partial charge in [0.1, 0.15) is 4.90 Å². The third kappa shape index (κ3) is 4.78. The fourth-order valence-corrected chi connectivity index (χ4v) is 5.48. The molecule has 1 aliphatic carbocycles. The summed E-state index contributed by atoms with van der Waals surface area (Å²) < 4.78 is 24.3. The number of hydrogen-bond acceptors (Lipinski definition) is 6. The maximum atomic E-state index is 13.3. The highest BCUT2D eigenvalue weighted by atomic mass is 32.2. The van der Waals surface area contributed by atoms with Crippen molar-refractivity contribution in [1.29, 1.82) is 0 Å². The van der Waals surface area contributed by atoms with Crippen molar-refractivity contribution in [1.82, 2.24) is 20.1 Å². The van der Waals surface area contributed by atoms with E-state index in [1.54, 1.807) is 0 Å². The summed E-state index contributed by atoms with van der Waals surface area (Å²) in [5.74, 6) is 0.302. The summed E-state index contributed by atoms with van der Waals surface area (Å²) in [5, 5.41) is 15.8. The van der Waals surface area contributed by atoms with E-state index in [1.807, 2.05) is 6.92 Å². The van der Waals surface area contributed by atoms with Gasteiger partial charge in [-0.25, -0.2) is 18.8 Å². The molecule has 2 aliphatic rings. The molecule has 0 spiro atoms. The van der Waals surface area contributed by atoms with E-state index in [-0.39, 0.29) is 28.5 Å². The number of nitrogens with two attached hydrogens (primary N) is 1. The van der Waals surface area contributed by atoms with E-state index in [0.717, 1.165) is 41.8 Å². The maximum absolute atomic E-state index is 13.3. The van der Waals surface area contributed by atoms with Gasteiger partial charge in [0.15, 0.2) is 9.92 Å². The Labute approximate surface area is 199 Å². The molecule has 4 N–H and O–H groups in total. The number of aryl methyl sites for hydroxylation is 1. The van der Waals surface area contributed by atoms with Crippen molar-refractivity contribution < 1.29 is 18.5 Å². The Morgan fingerprint density at radius 1 is 1.38 bits per heavy atom. The molecule has 184 valence electrons. The smallest absolute Gasteiger partial charge is 0.354 e. The van der Waals surface area contributed by atoms with Gasteiger partial charge in [-0.15, -0.1) is 4.36 Å². The first-order valence-electron chi connectivity index (χ1n) is 11.4. The average molecular weight is 490 g/mol. The number of amides is 3. The van der Waals surface area contributed by atoms with Gasteiger partial charge in [-0.2, -0.15) is 5.10 Å². The number of rotatable bonds is 5. The molecule has 0 bridgehead atoms. The third-order valence-electron chi connectivity index (χ3n) is 6.10. The lowest BCUT2D eigenvalue weighted by molar-refractivity contribution is -0.119. The van der Waals surface area contributed by atoms with E-state index in [1.165, 1.54) is 17.8 Å². The minimum absolute atomic E-state index is 0.00475. The van der Waals surface area contributed by atoms with Gasteiger partial charge in [0.2, 0.25) is 11.8 Å². The Balaban J connectivity index is 1.58. The molecule has 2 aromatic rings. The van der Waals surface area contributed by atoms with Crippen LogP contribution in [0.5, 0.6) is 5.88 Å². The van der Waals surface area contributed by atoms with Crippen LogP contribution in [0.4, 0.5) is 10.5 Å². The van der Waals surface area contributed by atoms with Gasteiger partial charge in [-0.3, -0.25) is 9.78 Å². The van der Waals surface area contributed by atoms with Crippen molar-refractivity contribution in [2.75, 3.05) is 18.5 Å². The zero-order chi connectivity index (χ0) is 24.6. The van der Waals surface area contributed by atoms with Crippen molar-refractivity contribution in [2.45, 2.75) is 64.3 Å². The molecule has 3 heterocycles. The quantitative estimate of drug-likeness (QED) is 0.585. The number of anilines is 1. The highest BCUT2D eigenvalue weighted by Crippen LogP contribution is 2.35. The first-order valence-corrected chi connectivity index (χ1v) is 13.0. The second-order valence-electron chi connectivity index (χ2n) is 9.13. The van der Waals surface area contributed by atoms with Crippen LogP contribution in [0.3, 0.4) is 0 Å². The molecule has 0 saturated carbocycles. The number of carbonyl (C=O) groups is 2. The van der Waals surface area contributed by atoms with Crippen molar-refractivity contribution >= 4 is 27.5 Å². The number of nitrogens with one attached hydrogen (secondary N) is 2. The number of fused-ring (bicyclic) bond motifs is 2. The molecule has 1 aliphatic heterocycles. The number of pyridine rings is 1. The summed E-state index contributed by atoms with van der Waals surface area (Å²) in [6.07, 6.45) is 3.98. The zero-order valence-electron chi connectivity index (χ0n) is 19.9. The van der Waals surface area contributed by atoms with E-state index in [4.69, 9.17) is 14.9 Å². The lowest BCUT2D eigenvalue weighted by Crippen LogP contribution is -2.36. The standard InChI is InChI=1S/C22H31N7O4S/c1-12(2)19-13(3)20(16-6-5-7-17(16)26-19)27-22(31)28-34(23,32)18-9-25-29-10-15(8-24-14(4)30)11-33-21(18)29/h9,12,15H,5-8,10-11H2,1-4H3,(H,24,30)(H3,23,26,27,28,31,32). The Morgan fingerprint density at radius 3 is 2.85 bits per heavy atom. The number of hydrogen-bond donors (Lipinski definition) is 3. The molecule has 2 unspecified atom stereocenters. The number of carbonyl (C=O) groups excluding carboxylic acids is 2. The largest absolute Gasteiger partial charge is 0.476 e. The predicted octanol–water partition coefficient (Wildman–Crippen LogP) is 2.28. The molecule has 34 heavy (non-hydrogen) atoms. The van der Waals surface area contributed by atoms with Gasteiger partial charge in [0, 0.05) is 30.8 Å². The van der Waals surface area contributed by atoms with E-state index in [2.05, 4.69) is 33.9 Å². The van der Waals surface area contributed by atoms with Crippen LogP contribution in [-0.2, 0) is 34.1 Å². The number of ether oxygens (including phenoxy) is 1. The SMILES string of the molecule is CC(=O)NCC1COc2c(S(N)(=O)=NC(=O)Nc3c(C)c(C(C)C)nc4c3CCC4)cnn2C1. The average Bonchev–Trinajstić information content (AvgIpc) is 3.40. The summed E-state index contributed by atoms with van der Waals surface area (Å²) in [6.45, 7) is 8.67. The van der Waals surface area contributed by atoms with Crippen molar-refractivity contribution in [2.24, 2.45) is 15.4 Å². The van der Waals surface area contributed by atoms with E-state index in [9.17, 15) is 13.8 Å². The summed E-state index contributed by atoms with van der Waals surface area (Å²) in [5.41, 5.74) is 4.50. The number of aromatic nitrogens is 3. The Hall–Kier alpha value is -2.99. The molecular formula is C22H31N7O4S. The van der Waals surface area contributed by atoms with Gasteiger partial charge in [-0.1, -0.05) is 13.8 Å². The van der Waals surface area contributed by atoms with E-state index >= 15 is 0 Å². The summed E-state index contributed by atoms with van der Waals surface area (Å²) in [4.78, 5) is 28.9. The molecule has 0 fully saturated rings. The van der Waals surface area contributed by atoms with Crippen LogP contribution in [0, 0.1) is 12.8 Å². The minimum atomic E-state index is -3.61. The summed E-state index contributed by atoms with van der Waals surface area (Å²) in [6, 6.07) is -0.787. The Morgan fingerprint density at radius 2 is 2.15 bits per heavy atom. The molecule has 0 radical (unpaired) electrons. The van der Waals surface area contributed by atoms with Gasteiger partial charge < -0.3 is 15.4 Å². The Bertz CT molecular complexity index is 1260. The van der Waals surface area contributed by atoms with Gasteiger partial charge in [0.25, 0.3) is 0 Å². The normalized spacial score (nSPS) is 18.5. The maximum Gasteiger partial charge on any atom is 0.354 e. The second kappa shape index (κ2) is 9.34. The van der Waals surface area contributed by atoms with Crippen molar-refractivity contribution in [3.63, 3.8) is 0 Å². The molecule has 2 atom stereocenters. The van der Waals surface area contributed by atoms with Gasteiger partial charge >= 0.3 is 6.03 Å². The summed E-state index contributed by atoms with van der Waals surface area (Å²) >= 11 is 0. The minimum Gasteiger partial charge on any atom is -0.476 e. The van der Waals surface area contributed by atoms with Crippen LogP contribution >= 0.6 is 0 Å². The topological polar surface area (TPSA) is 154 Å². The zero-order valence-corrected chi connectivity index (χ0v) is 20.7. The van der Waals surface area contributed by atoms with Crippen molar-refractivity contribution in [3.05, 3.63) is 28.7 Å². The number of nitrogens with zero attached hydrogens (tertiary/aromatic N) is 4. The lowest BCUT2D eigenvalue weighted by Gasteiger charge is -2.24. The van der Waals surface area contributed by atoms with Gasteiger partial charge in [0.05, 0.1) is 25.0 Å². The van der Waals surface area contributed by atoms with Crippen LogP contribution in [0.1, 0.15) is 55.6 Å². The molecule has 3 amide bonds. The molecule has 4 rings (SSSR count). The second-order valence-corrected chi connectivity index (χ2v) is 10.9. The molecular weight excluding hydrogens is 458 g/mol. The molecule has 0 aromatic carbocycles. The van der Waals surface area contributed by atoms with Crippen LogP contribution in [0.15, 0.2) is 15.5 Å². The monoisotopic (exact) mass is 489 g/mol. The highest BCUT2D eigenvalue weighted by molar-refractivity contribution is 7.91. The van der Waals surface area contributed by atoms with Crippen LogP contribution in [-0.4, -0.2) is 44.1 Å².